The van der Waals surface area contributed by atoms with Crippen LogP contribution in [0.3, 0.4) is 0 Å². The number of hydrogen-bond donors (Lipinski definition) is 1. The fourth-order valence-electron chi connectivity index (χ4n) is 1.06. The Kier molecular flexibility index (Phi) is 3.06. The molecule has 0 radical (unpaired) electrons. The molecule has 78 valence electrons. The van der Waals surface area contributed by atoms with Gasteiger partial charge in [-0.15, -0.1) is 0 Å². The van der Waals surface area contributed by atoms with Gasteiger partial charge in [-0.25, -0.2) is 4.98 Å². The van der Waals surface area contributed by atoms with Crippen molar-refractivity contribution in [3.63, 3.8) is 0 Å². The summed E-state index contributed by atoms with van der Waals surface area (Å²) in [6.45, 7) is 6.41. The van der Waals surface area contributed by atoms with Crippen molar-refractivity contribution in [2.75, 3.05) is 6.54 Å². The van der Waals surface area contributed by atoms with Crippen molar-refractivity contribution in [3.8, 4) is 0 Å². The van der Waals surface area contributed by atoms with Crippen molar-refractivity contribution in [2.45, 2.75) is 26.3 Å². The van der Waals surface area contributed by atoms with Crippen LogP contribution in [0, 0.1) is 0 Å². The van der Waals surface area contributed by atoms with Crippen LogP contribution in [0.1, 0.15) is 31.4 Å². The molecule has 0 unspecified atom stereocenters. The predicted molar refractivity (Wildman–Crippen MR) is 55.3 cm³/mol. The van der Waals surface area contributed by atoms with Crippen LogP contribution < -0.4 is 5.32 Å². The highest BCUT2D eigenvalue weighted by Gasteiger charge is 2.14. The van der Waals surface area contributed by atoms with Gasteiger partial charge in [0, 0.05) is 25.0 Å². The summed E-state index contributed by atoms with van der Waals surface area (Å²) in [5.74, 6) is 0.522. The van der Waals surface area contributed by atoms with Gasteiger partial charge in [0.1, 0.15) is 0 Å². The molecule has 1 N–H and O–H groups in total. The average Bonchev–Trinajstić information content (AvgIpc) is 2.46. The molecule has 0 saturated heterocycles. The second kappa shape index (κ2) is 3.92. The van der Waals surface area contributed by atoms with Gasteiger partial charge in [0.2, 0.25) is 5.78 Å². The van der Waals surface area contributed by atoms with Gasteiger partial charge in [-0.05, 0) is 20.8 Å². The number of nitrogens with one attached hydrogen (secondary N) is 1. The van der Waals surface area contributed by atoms with E-state index in [2.05, 4.69) is 10.3 Å². The maximum atomic E-state index is 11.6. The first-order chi connectivity index (χ1) is 6.40. The first-order valence-corrected chi connectivity index (χ1v) is 4.66. The average molecular weight is 195 g/mol. The Morgan fingerprint density at radius 1 is 1.57 bits per heavy atom. The van der Waals surface area contributed by atoms with Crippen molar-refractivity contribution in [3.05, 3.63) is 18.2 Å². The molecule has 0 atom stereocenters. The van der Waals surface area contributed by atoms with Crippen LogP contribution in [0.5, 0.6) is 0 Å². The number of hydrogen-bond acceptors (Lipinski definition) is 3. The van der Waals surface area contributed by atoms with E-state index < -0.39 is 0 Å². The lowest BCUT2D eigenvalue weighted by atomic mass is 10.1. The SMILES string of the molecule is Cn1ccnc1C(=O)CNC(C)(C)C. The fraction of sp³-hybridized carbons (Fsp3) is 0.600. The molecule has 0 fully saturated rings. The quantitative estimate of drug-likeness (QED) is 0.732. The minimum Gasteiger partial charge on any atom is -0.332 e. The standard InChI is InChI=1S/C10H17N3O/c1-10(2,3)12-7-8(14)9-11-5-6-13(9)4/h5-6,12H,7H2,1-4H3. The molecule has 0 amide bonds. The summed E-state index contributed by atoms with van der Waals surface area (Å²) < 4.78 is 1.73. The highest BCUT2D eigenvalue weighted by Crippen LogP contribution is 2.00. The third-order valence-electron chi connectivity index (χ3n) is 1.85. The summed E-state index contributed by atoms with van der Waals surface area (Å²) >= 11 is 0. The Bertz CT molecular complexity index is 322. The summed E-state index contributed by atoms with van der Waals surface area (Å²) in [7, 11) is 1.82. The number of nitrogens with zero attached hydrogens (tertiary/aromatic N) is 2. The molecule has 1 heterocycles. The summed E-state index contributed by atoms with van der Waals surface area (Å²) in [5, 5.41) is 3.13. The molecule has 4 nitrogen and oxygen atoms in total. The molecule has 0 aromatic carbocycles. The molecule has 1 aromatic rings. The number of Topliss-reactive ketones (excluding diaryl/α,β-unsaturated/α-hetero) is 1. The van der Waals surface area contributed by atoms with E-state index in [0.29, 0.717) is 12.4 Å². The zero-order valence-electron chi connectivity index (χ0n) is 9.16. The zero-order valence-corrected chi connectivity index (χ0v) is 9.16. The Morgan fingerprint density at radius 3 is 2.64 bits per heavy atom. The molecule has 14 heavy (non-hydrogen) atoms. The van der Waals surface area contributed by atoms with Gasteiger partial charge in [-0.3, -0.25) is 4.79 Å². The summed E-state index contributed by atoms with van der Waals surface area (Å²) in [6.07, 6.45) is 3.40. The number of aromatic nitrogens is 2. The molecule has 1 aromatic heterocycles. The smallest absolute Gasteiger partial charge is 0.211 e. The first kappa shape index (κ1) is 10.9. The predicted octanol–water partition coefficient (Wildman–Crippen LogP) is 0.991. The van der Waals surface area contributed by atoms with E-state index in [-0.39, 0.29) is 11.3 Å². The fourth-order valence-corrected chi connectivity index (χ4v) is 1.06. The van der Waals surface area contributed by atoms with Crippen LogP contribution in [0.4, 0.5) is 0 Å². The molecule has 0 spiro atoms. The second-order valence-corrected chi connectivity index (χ2v) is 4.39. The van der Waals surface area contributed by atoms with E-state index in [9.17, 15) is 4.79 Å². The molecule has 1 rings (SSSR count). The summed E-state index contributed by atoms with van der Waals surface area (Å²) in [4.78, 5) is 15.6. The molecule has 0 bridgehead atoms. The normalized spacial score (nSPS) is 11.7. The summed E-state index contributed by atoms with van der Waals surface area (Å²) in [5.41, 5.74) is -0.0408. The maximum Gasteiger partial charge on any atom is 0.211 e. The summed E-state index contributed by atoms with van der Waals surface area (Å²) in [6, 6.07) is 0. The van der Waals surface area contributed by atoms with Crippen molar-refractivity contribution in [1.29, 1.82) is 0 Å². The van der Waals surface area contributed by atoms with Gasteiger partial charge in [-0.2, -0.15) is 0 Å². The Morgan fingerprint density at radius 2 is 2.21 bits per heavy atom. The minimum atomic E-state index is -0.0408. The Balaban J connectivity index is 2.56. The number of carbonyl (C=O) groups excluding carboxylic acids is 1. The molecular formula is C10H17N3O. The van der Waals surface area contributed by atoms with Crippen molar-refractivity contribution in [2.24, 2.45) is 7.05 Å². The Labute approximate surface area is 84.3 Å². The van der Waals surface area contributed by atoms with Crippen molar-refractivity contribution >= 4 is 5.78 Å². The monoisotopic (exact) mass is 195 g/mol. The van der Waals surface area contributed by atoms with Crippen LogP contribution >= 0.6 is 0 Å². The Hall–Kier alpha value is -1.16. The van der Waals surface area contributed by atoms with E-state index in [4.69, 9.17) is 0 Å². The van der Waals surface area contributed by atoms with Crippen molar-refractivity contribution < 1.29 is 4.79 Å². The number of carbonyl (C=O) groups is 1. The van der Waals surface area contributed by atoms with Gasteiger partial charge in [0.05, 0.1) is 6.54 Å². The largest absolute Gasteiger partial charge is 0.332 e. The van der Waals surface area contributed by atoms with E-state index in [1.807, 2.05) is 27.8 Å². The lowest BCUT2D eigenvalue weighted by molar-refractivity contribution is 0.0969. The lowest BCUT2D eigenvalue weighted by Gasteiger charge is -2.19. The van der Waals surface area contributed by atoms with E-state index >= 15 is 0 Å². The van der Waals surface area contributed by atoms with Crippen LogP contribution in [0.15, 0.2) is 12.4 Å². The number of ketones is 1. The topological polar surface area (TPSA) is 46.9 Å². The van der Waals surface area contributed by atoms with E-state index in [1.165, 1.54) is 0 Å². The minimum absolute atomic E-state index is 0.0208. The first-order valence-electron chi connectivity index (χ1n) is 4.66. The van der Waals surface area contributed by atoms with Crippen LogP contribution in [0.2, 0.25) is 0 Å². The molecule has 0 aliphatic rings. The number of aryl methyl sites for hydroxylation is 1. The highest BCUT2D eigenvalue weighted by atomic mass is 16.1. The van der Waals surface area contributed by atoms with Gasteiger partial charge in [0.25, 0.3) is 0 Å². The lowest BCUT2D eigenvalue weighted by Crippen LogP contribution is -2.39. The van der Waals surface area contributed by atoms with Crippen LogP contribution in [-0.2, 0) is 7.05 Å². The van der Waals surface area contributed by atoms with Gasteiger partial charge >= 0.3 is 0 Å². The maximum absolute atomic E-state index is 11.6. The van der Waals surface area contributed by atoms with Gasteiger partial charge < -0.3 is 9.88 Å². The third-order valence-corrected chi connectivity index (χ3v) is 1.85. The molecule has 0 saturated carbocycles. The molecular weight excluding hydrogens is 178 g/mol. The van der Waals surface area contributed by atoms with Gasteiger partial charge in [-0.1, -0.05) is 0 Å². The molecule has 0 aliphatic heterocycles. The van der Waals surface area contributed by atoms with E-state index in [1.54, 1.807) is 17.0 Å². The van der Waals surface area contributed by atoms with E-state index in [0.717, 1.165) is 0 Å². The molecule has 0 aliphatic carbocycles. The van der Waals surface area contributed by atoms with Gasteiger partial charge in [0.15, 0.2) is 5.82 Å². The second-order valence-electron chi connectivity index (χ2n) is 4.39. The highest BCUT2D eigenvalue weighted by molar-refractivity contribution is 5.94. The van der Waals surface area contributed by atoms with Crippen LogP contribution in [-0.4, -0.2) is 27.4 Å². The number of imidazole rings is 1. The molecule has 4 heteroatoms. The third kappa shape index (κ3) is 2.96. The zero-order chi connectivity index (χ0) is 10.8. The number of rotatable bonds is 3. The van der Waals surface area contributed by atoms with Crippen molar-refractivity contribution in [1.82, 2.24) is 14.9 Å². The van der Waals surface area contributed by atoms with Crippen LogP contribution in [0.25, 0.3) is 0 Å².